The molecule has 0 aromatic heterocycles. The Balaban J connectivity index is 2.77. The van der Waals surface area contributed by atoms with Crippen molar-refractivity contribution in [2.24, 2.45) is 5.41 Å². The molecule has 1 N–H and O–H groups in total. The molecule has 0 radical (unpaired) electrons. The van der Waals surface area contributed by atoms with Gasteiger partial charge in [-0.05, 0) is 37.6 Å². The summed E-state index contributed by atoms with van der Waals surface area (Å²) in [5.41, 5.74) is 0.161. The Hall–Kier alpha value is -0.0900. The second kappa shape index (κ2) is 7.07. The lowest BCUT2D eigenvalue weighted by Gasteiger charge is -2.40. The van der Waals surface area contributed by atoms with Crippen LogP contribution in [0, 0.1) is 5.41 Å². The smallest absolute Gasteiger partial charge is 0.154 e. The molecule has 0 aromatic carbocycles. The molecule has 114 valence electrons. The zero-order valence-electron chi connectivity index (χ0n) is 13.0. The van der Waals surface area contributed by atoms with E-state index in [0.29, 0.717) is 5.75 Å². The fourth-order valence-electron chi connectivity index (χ4n) is 3.10. The third-order valence-electron chi connectivity index (χ3n) is 4.29. The van der Waals surface area contributed by atoms with E-state index in [1.165, 1.54) is 0 Å². The average Bonchev–Trinajstić information content (AvgIpc) is 2.31. The van der Waals surface area contributed by atoms with Gasteiger partial charge in [-0.2, -0.15) is 0 Å². The van der Waals surface area contributed by atoms with Crippen LogP contribution in [0.1, 0.15) is 66.2 Å². The molecule has 1 aliphatic carbocycles. The molecule has 1 saturated carbocycles. The molecule has 0 spiro atoms. The fourth-order valence-corrected chi connectivity index (χ4v) is 5.45. The molecule has 1 rings (SSSR count). The van der Waals surface area contributed by atoms with E-state index in [0.717, 1.165) is 45.1 Å². The lowest BCUT2D eigenvalue weighted by Crippen LogP contribution is -2.50. The summed E-state index contributed by atoms with van der Waals surface area (Å²) in [6.45, 7) is 9.41. The first-order valence-corrected chi connectivity index (χ1v) is 9.49. The average molecular weight is 289 g/mol. The van der Waals surface area contributed by atoms with Gasteiger partial charge in [0.05, 0.1) is 11.0 Å². The minimum absolute atomic E-state index is 0.157. The maximum atomic E-state index is 12.6. The lowest BCUT2D eigenvalue weighted by molar-refractivity contribution is 0.210. The summed E-state index contributed by atoms with van der Waals surface area (Å²) in [4.78, 5) is 0. The molecule has 1 fully saturated rings. The molecule has 2 unspecified atom stereocenters. The quantitative estimate of drug-likeness (QED) is 0.732. The molecule has 0 aromatic rings. The zero-order valence-corrected chi connectivity index (χ0v) is 13.9. The van der Waals surface area contributed by atoms with Crippen LogP contribution < -0.4 is 5.32 Å². The van der Waals surface area contributed by atoms with Crippen LogP contribution in [-0.4, -0.2) is 32.0 Å². The Bertz CT molecular complexity index is 362. The normalized spacial score (nSPS) is 27.4. The van der Waals surface area contributed by atoms with Crippen LogP contribution in [0.2, 0.25) is 0 Å². The van der Waals surface area contributed by atoms with Gasteiger partial charge in [0, 0.05) is 6.04 Å². The summed E-state index contributed by atoms with van der Waals surface area (Å²) < 4.78 is 25.2. The SMILES string of the molecule is CCCCCS(=O)(=O)C1CC(C)(C)CCC1NCC. The maximum Gasteiger partial charge on any atom is 0.154 e. The van der Waals surface area contributed by atoms with Crippen LogP contribution in [0.5, 0.6) is 0 Å². The van der Waals surface area contributed by atoms with Crippen molar-refractivity contribution < 1.29 is 8.42 Å². The molecule has 0 aliphatic heterocycles. The van der Waals surface area contributed by atoms with Crippen molar-refractivity contribution >= 4 is 9.84 Å². The summed E-state index contributed by atoms with van der Waals surface area (Å²) in [5, 5.41) is 3.20. The number of sulfone groups is 1. The molecule has 0 amide bonds. The number of unbranched alkanes of at least 4 members (excludes halogenated alkanes) is 2. The largest absolute Gasteiger partial charge is 0.313 e. The van der Waals surface area contributed by atoms with Crippen molar-refractivity contribution in [2.45, 2.75) is 77.5 Å². The molecule has 1 aliphatic rings. The maximum absolute atomic E-state index is 12.6. The first kappa shape index (κ1) is 17.0. The topological polar surface area (TPSA) is 46.2 Å². The monoisotopic (exact) mass is 289 g/mol. The molecular formula is C15H31NO2S. The van der Waals surface area contributed by atoms with Crippen LogP contribution in [0.15, 0.2) is 0 Å². The van der Waals surface area contributed by atoms with Gasteiger partial charge in [0.1, 0.15) is 0 Å². The van der Waals surface area contributed by atoms with Crippen LogP contribution in [0.25, 0.3) is 0 Å². The van der Waals surface area contributed by atoms with Crippen molar-refractivity contribution in [3.63, 3.8) is 0 Å². The van der Waals surface area contributed by atoms with Gasteiger partial charge in [-0.3, -0.25) is 0 Å². The predicted octanol–water partition coefficient (Wildman–Crippen LogP) is 3.15. The number of hydrogen-bond donors (Lipinski definition) is 1. The highest BCUT2D eigenvalue weighted by molar-refractivity contribution is 7.92. The molecule has 2 atom stereocenters. The second-order valence-corrected chi connectivity index (χ2v) is 9.02. The Morgan fingerprint density at radius 1 is 1.21 bits per heavy atom. The van der Waals surface area contributed by atoms with E-state index in [4.69, 9.17) is 0 Å². The van der Waals surface area contributed by atoms with E-state index in [1.807, 2.05) is 0 Å². The van der Waals surface area contributed by atoms with Crippen LogP contribution in [-0.2, 0) is 9.84 Å². The van der Waals surface area contributed by atoms with Gasteiger partial charge in [0.15, 0.2) is 9.84 Å². The summed E-state index contributed by atoms with van der Waals surface area (Å²) >= 11 is 0. The van der Waals surface area contributed by atoms with E-state index in [9.17, 15) is 8.42 Å². The van der Waals surface area contributed by atoms with Crippen molar-refractivity contribution in [3.05, 3.63) is 0 Å². The molecule has 0 saturated heterocycles. The Morgan fingerprint density at radius 3 is 2.47 bits per heavy atom. The predicted molar refractivity (Wildman–Crippen MR) is 82.2 cm³/mol. The molecule has 0 heterocycles. The standard InChI is InChI=1S/C15H31NO2S/c1-5-7-8-11-19(17,18)14-12-15(3,4)10-9-13(14)16-6-2/h13-14,16H,5-12H2,1-4H3. The Labute approximate surface area is 119 Å². The minimum Gasteiger partial charge on any atom is -0.313 e. The number of hydrogen-bond acceptors (Lipinski definition) is 3. The van der Waals surface area contributed by atoms with E-state index in [1.54, 1.807) is 0 Å². The Morgan fingerprint density at radius 2 is 1.89 bits per heavy atom. The highest BCUT2D eigenvalue weighted by Crippen LogP contribution is 2.38. The van der Waals surface area contributed by atoms with Crippen LogP contribution >= 0.6 is 0 Å². The van der Waals surface area contributed by atoms with Gasteiger partial charge in [-0.25, -0.2) is 8.42 Å². The van der Waals surface area contributed by atoms with Gasteiger partial charge in [-0.1, -0.05) is 40.5 Å². The minimum atomic E-state index is -2.96. The summed E-state index contributed by atoms with van der Waals surface area (Å²) in [6.07, 6.45) is 5.81. The van der Waals surface area contributed by atoms with E-state index >= 15 is 0 Å². The summed E-state index contributed by atoms with van der Waals surface area (Å²) in [7, 11) is -2.96. The fraction of sp³-hybridized carbons (Fsp3) is 1.00. The highest BCUT2D eigenvalue weighted by Gasteiger charge is 2.41. The van der Waals surface area contributed by atoms with Gasteiger partial charge in [0.2, 0.25) is 0 Å². The van der Waals surface area contributed by atoms with E-state index in [-0.39, 0.29) is 16.7 Å². The lowest BCUT2D eigenvalue weighted by atomic mass is 9.75. The van der Waals surface area contributed by atoms with Gasteiger partial charge in [0.25, 0.3) is 0 Å². The molecule has 0 bridgehead atoms. The van der Waals surface area contributed by atoms with Crippen molar-refractivity contribution in [2.75, 3.05) is 12.3 Å². The third-order valence-corrected chi connectivity index (χ3v) is 6.57. The van der Waals surface area contributed by atoms with E-state index in [2.05, 4.69) is 33.0 Å². The first-order chi connectivity index (χ1) is 8.82. The molecule has 3 nitrogen and oxygen atoms in total. The van der Waals surface area contributed by atoms with Crippen LogP contribution in [0.3, 0.4) is 0 Å². The number of rotatable bonds is 7. The van der Waals surface area contributed by atoms with Gasteiger partial charge in [-0.15, -0.1) is 0 Å². The zero-order chi connectivity index (χ0) is 14.5. The van der Waals surface area contributed by atoms with Crippen LogP contribution in [0.4, 0.5) is 0 Å². The first-order valence-electron chi connectivity index (χ1n) is 7.77. The third kappa shape index (κ3) is 5.07. The Kier molecular flexibility index (Phi) is 6.31. The highest BCUT2D eigenvalue weighted by atomic mass is 32.2. The molecule has 19 heavy (non-hydrogen) atoms. The number of nitrogens with one attached hydrogen (secondary N) is 1. The van der Waals surface area contributed by atoms with E-state index < -0.39 is 9.84 Å². The second-order valence-electron chi connectivity index (χ2n) is 6.68. The van der Waals surface area contributed by atoms with Crippen molar-refractivity contribution in [3.8, 4) is 0 Å². The van der Waals surface area contributed by atoms with Gasteiger partial charge < -0.3 is 5.32 Å². The van der Waals surface area contributed by atoms with Gasteiger partial charge >= 0.3 is 0 Å². The van der Waals surface area contributed by atoms with Crippen molar-refractivity contribution in [1.29, 1.82) is 0 Å². The van der Waals surface area contributed by atoms with Crippen molar-refractivity contribution in [1.82, 2.24) is 5.32 Å². The molecular weight excluding hydrogens is 258 g/mol. The summed E-state index contributed by atoms with van der Waals surface area (Å²) in [6, 6.07) is 0.157. The summed E-state index contributed by atoms with van der Waals surface area (Å²) in [5.74, 6) is 0.365. The molecule has 4 heteroatoms.